The standard InChI is InChI=1S/C10H20Si/c1-5-8-9-10-11(4,6-2)7-3/h6-7H,2-3,5,8-10H2,1,4H3. The van der Waals surface area contributed by atoms with Crippen LogP contribution < -0.4 is 0 Å². The van der Waals surface area contributed by atoms with E-state index in [4.69, 9.17) is 0 Å². The van der Waals surface area contributed by atoms with Crippen molar-refractivity contribution in [3.63, 3.8) is 0 Å². The predicted molar refractivity (Wildman–Crippen MR) is 56.3 cm³/mol. The molecule has 0 N–H and O–H groups in total. The first-order chi connectivity index (χ1) is 5.18. The molecule has 0 unspecified atom stereocenters. The predicted octanol–water partition coefficient (Wildman–Crippen LogP) is 3.71. The average Bonchev–Trinajstić information content (AvgIpc) is 2.05. The van der Waals surface area contributed by atoms with Crippen LogP contribution in [-0.2, 0) is 0 Å². The van der Waals surface area contributed by atoms with Crippen LogP contribution in [0.25, 0.3) is 0 Å². The zero-order chi connectivity index (χ0) is 8.74. The van der Waals surface area contributed by atoms with Crippen LogP contribution in [0.2, 0.25) is 12.6 Å². The van der Waals surface area contributed by atoms with Gasteiger partial charge in [0.2, 0.25) is 0 Å². The molecule has 0 fully saturated rings. The summed E-state index contributed by atoms with van der Waals surface area (Å²) in [5.41, 5.74) is 4.27. The third-order valence-corrected chi connectivity index (χ3v) is 5.55. The van der Waals surface area contributed by atoms with Crippen molar-refractivity contribution in [2.24, 2.45) is 0 Å². The molecule has 0 aromatic rings. The summed E-state index contributed by atoms with van der Waals surface area (Å²) in [6, 6.07) is 1.33. The van der Waals surface area contributed by atoms with E-state index in [2.05, 4.69) is 38.0 Å². The van der Waals surface area contributed by atoms with Gasteiger partial charge in [-0.3, -0.25) is 0 Å². The Balaban J connectivity index is 3.69. The highest BCUT2D eigenvalue weighted by Crippen LogP contribution is 2.16. The smallest absolute Gasteiger partial charge is 0.0973 e. The zero-order valence-electron chi connectivity index (χ0n) is 7.90. The van der Waals surface area contributed by atoms with Gasteiger partial charge in [-0.2, -0.15) is 0 Å². The normalized spacial score (nSPS) is 11.1. The van der Waals surface area contributed by atoms with Crippen molar-refractivity contribution in [1.29, 1.82) is 0 Å². The summed E-state index contributed by atoms with van der Waals surface area (Å²) in [5.74, 6) is 0. The van der Waals surface area contributed by atoms with E-state index in [1.807, 2.05) is 0 Å². The molecule has 0 rings (SSSR count). The summed E-state index contributed by atoms with van der Waals surface area (Å²) >= 11 is 0. The van der Waals surface area contributed by atoms with Crippen LogP contribution in [0.4, 0.5) is 0 Å². The summed E-state index contributed by atoms with van der Waals surface area (Å²) in [6.45, 7) is 12.3. The lowest BCUT2D eigenvalue weighted by atomic mass is 10.3. The van der Waals surface area contributed by atoms with Crippen molar-refractivity contribution in [3.05, 3.63) is 24.6 Å². The molecule has 0 bridgehead atoms. The van der Waals surface area contributed by atoms with E-state index in [9.17, 15) is 0 Å². The molecule has 0 radical (unpaired) electrons. The molecule has 0 aliphatic carbocycles. The van der Waals surface area contributed by atoms with Gasteiger partial charge >= 0.3 is 0 Å². The van der Waals surface area contributed by atoms with E-state index in [-0.39, 0.29) is 0 Å². The first-order valence-electron chi connectivity index (χ1n) is 4.45. The van der Waals surface area contributed by atoms with Gasteiger partial charge in [0.1, 0.15) is 0 Å². The van der Waals surface area contributed by atoms with Gasteiger partial charge in [-0.1, -0.05) is 50.2 Å². The van der Waals surface area contributed by atoms with Crippen molar-refractivity contribution in [2.45, 2.75) is 38.8 Å². The van der Waals surface area contributed by atoms with Crippen molar-refractivity contribution in [1.82, 2.24) is 0 Å². The first kappa shape index (κ1) is 10.7. The van der Waals surface area contributed by atoms with E-state index in [0.29, 0.717) is 0 Å². The maximum absolute atomic E-state index is 3.87. The Hall–Kier alpha value is -0.303. The fourth-order valence-electron chi connectivity index (χ4n) is 1.04. The molecule has 0 amide bonds. The molecule has 0 saturated carbocycles. The number of hydrogen-bond donors (Lipinski definition) is 0. The highest BCUT2D eigenvalue weighted by Gasteiger charge is 2.16. The van der Waals surface area contributed by atoms with Gasteiger partial charge in [0, 0.05) is 0 Å². The van der Waals surface area contributed by atoms with Gasteiger partial charge < -0.3 is 0 Å². The number of rotatable bonds is 6. The quantitative estimate of drug-likeness (QED) is 0.419. The summed E-state index contributed by atoms with van der Waals surface area (Å²) in [4.78, 5) is 0. The fraction of sp³-hybridized carbons (Fsp3) is 0.600. The molecule has 0 atom stereocenters. The van der Waals surface area contributed by atoms with Gasteiger partial charge in [-0.05, 0) is 0 Å². The monoisotopic (exact) mass is 168 g/mol. The number of unbranched alkanes of at least 4 members (excludes halogenated alkanes) is 2. The second-order valence-electron chi connectivity index (χ2n) is 3.37. The van der Waals surface area contributed by atoms with Gasteiger partial charge in [0.25, 0.3) is 0 Å². The van der Waals surface area contributed by atoms with Gasteiger partial charge in [0.05, 0.1) is 8.07 Å². The van der Waals surface area contributed by atoms with Crippen molar-refractivity contribution in [2.75, 3.05) is 0 Å². The zero-order valence-corrected chi connectivity index (χ0v) is 8.90. The summed E-state index contributed by atoms with van der Waals surface area (Å²) in [6.07, 6.45) is 4.00. The average molecular weight is 168 g/mol. The lowest BCUT2D eigenvalue weighted by molar-refractivity contribution is 0.765. The summed E-state index contributed by atoms with van der Waals surface area (Å²) in [5, 5.41) is 0. The molecule has 1 heteroatoms. The minimum Gasteiger partial charge on any atom is -0.107 e. The fourth-order valence-corrected chi connectivity index (χ4v) is 2.63. The van der Waals surface area contributed by atoms with Crippen LogP contribution in [0.15, 0.2) is 24.6 Å². The SMILES string of the molecule is C=C[Si](C)(C=C)CCCCC. The first-order valence-corrected chi connectivity index (χ1v) is 7.32. The van der Waals surface area contributed by atoms with Gasteiger partial charge in [0.15, 0.2) is 0 Å². The van der Waals surface area contributed by atoms with Crippen LogP contribution >= 0.6 is 0 Å². The Morgan fingerprint density at radius 1 is 1.18 bits per heavy atom. The van der Waals surface area contributed by atoms with Crippen LogP contribution in [0.3, 0.4) is 0 Å². The molecule has 0 spiro atoms. The molecular formula is C10H20Si. The largest absolute Gasteiger partial charge is 0.107 e. The Kier molecular flexibility index (Phi) is 5.21. The lowest BCUT2D eigenvalue weighted by Gasteiger charge is -2.17. The summed E-state index contributed by atoms with van der Waals surface area (Å²) in [7, 11) is -1.21. The molecule has 11 heavy (non-hydrogen) atoms. The van der Waals surface area contributed by atoms with Gasteiger partial charge in [-0.25, -0.2) is 0 Å². The van der Waals surface area contributed by atoms with Crippen molar-refractivity contribution < 1.29 is 0 Å². The highest BCUT2D eigenvalue weighted by atomic mass is 28.3. The Bertz CT molecular complexity index is 119. The molecule has 0 aromatic carbocycles. The molecule has 0 aliphatic rings. The summed E-state index contributed by atoms with van der Waals surface area (Å²) < 4.78 is 0. The van der Waals surface area contributed by atoms with E-state index >= 15 is 0 Å². The van der Waals surface area contributed by atoms with Crippen molar-refractivity contribution in [3.8, 4) is 0 Å². The van der Waals surface area contributed by atoms with Gasteiger partial charge in [-0.15, -0.1) is 13.2 Å². The van der Waals surface area contributed by atoms with Crippen LogP contribution in [-0.4, -0.2) is 8.07 Å². The number of hydrogen-bond acceptors (Lipinski definition) is 0. The second kappa shape index (κ2) is 5.36. The maximum atomic E-state index is 3.87. The van der Waals surface area contributed by atoms with E-state index < -0.39 is 8.07 Å². The third-order valence-electron chi connectivity index (χ3n) is 2.25. The van der Waals surface area contributed by atoms with E-state index in [1.54, 1.807) is 0 Å². The van der Waals surface area contributed by atoms with Crippen LogP contribution in [0, 0.1) is 0 Å². The van der Waals surface area contributed by atoms with E-state index in [1.165, 1.54) is 25.3 Å². The third kappa shape index (κ3) is 4.20. The maximum Gasteiger partial charge on any atom is 0.0973 e. The Labute approximate surface area is 72.0 Å². The Morgan fingerprint density at radius 3 is 2.09 bits per heavy atom. The van der Waals surface area contributed by atoms with E-state index in [0.717, 1.165) is 0 Å². The molecular weight excluding hydrogens is 148 g/mol. The molecule has 0 aromatic heterocycles. The Morgan fingerprint density at radius 2 is 1.73 bits per heavy atom. The minimum atomic E-state index is -1.21. The highest BCUT2D eigenvalue weighted by molar-refractivity contribution is 6.87. The van der Waals surface area contributed by atoms with Crippen LogP contribution in [0.5, 0.6) is 0 Å². The topological polar surface area (TPSA) is 0 Å². The lowest BCUT2D eigenvalue weighted by Crippen LogP contribution is -2.23. The molecule has 0 heterocycles. The molecule has 64 valence electrons. The minimum absolute atomic E-state index is 1.21. The molecule has 0 saturated heterocycles. The second-order valence-corrected chi connectivity index (χ2v) is 7.70. The van der Waals surface area contributed by atoms with Crippen LogP contribution in [0.1, 0.15) is 26.2 Å². The molecule has 0 aliphatic heterocycles. The van der Waals surface area contributed by atoms with Crippen molar-refractivity contribution >= 4 is 8.07 Å². The molecule has 0 nitrogen and oxygen atoms in total.